The highest BCUT2D eigenvalue weighted by Gasteiger charge is 2.11. The van der Waals surface area contributed by atoms with Crippen molar-refractivity contribution < 1.29 is 19.1 Å². The van der Waals surface area contributed by atoms with Gasteiger partial charge in [0.15, 0.2) is 5.69 Å². The average Bonchev–Trinajstić information content (AvgIpc) is 3.13. The van der Waals surface area contributed by atoms with Crippen LogP contribution in [0.15, 0.2) is 47.1 Å². The fourth-order valence-electron chi connectivity index (χ4n) is 2.26. The van der Waals surface area contributed by atoms with E-state index in [0.717, 1.165) is 18.0 Å². The summed E-state index contributed by atoms with van der Waals surface area (Å²) in [6.45, 7) is 0.315. The Hall–Kier alpha value is -2.90. The zero-order chi connectivity index (χ0) is 19.4. The molecule has 3 rings (SSSR count). The van der Waals surface area contributed by atoms with Crippen molar-refractivity contribution in [3.05, 3.63) is 69.9 Å². The molecular formula is C18H13Cl2N3O4. The molecule has 27 heavy (non-hydrogen) atoms. The van der Waals surface area contributed by atoms with Crippen LogP contribution < -0.4 is 5.32 Å². The zero-order valence-corrected chi connectivity index (χ0v) is 15.3. The van der Waals surface area contributed by atoms with E-state index in [2.05, 4.69) is 15.3 Å². The summed E-state index contributed by atoms with van der Waals surface area (Å²) in [6, 6.07) is 8.84. The molecule has 2 heterocycles. The van der Waals surface area contributed by atoms with Gasteiger partial charge in [0.2, 0.25) is 0 Å². The normalized spacial score (nSPS) is 10.6. The highest BCUT2D eigenvalue weighted by Crippen LogP contribution is 2.29. The van der Waals surface area contributed by atoms with Crippen molar-refractivity contribution in [3.63, 3.8) is 0 Å². The number of hydrogen-bond acceptors (Lipinski definition) is 5. The highest BCUT2D eigenvalue weighted by molar-refractivity contribution is 6.42. The Morgan fingerprint density at radius 1 is 1.04 bits per heavy atom. The fraction of sp³-hybridized carbons (Fsp3) is 0.111. The Balaban J connectivity index is 1.56. The van der Waals surface area contributed by atoms with Gasteiger partial charge in [0.25, 0.3) is 5.91 Å². The minimum absolute atomic E-state index is 0.0379. The Labute approximate surface area is 164 Å². The van der Waals surface area contributed by atoms with E-state index in [1.165, 1.54) is 0 Å². The number of aromatic carboxylic acids is 1. The third-order valence-corrected chi connectivity index (χ3v) is 4.37. The Kier molecular flexibility index (Phi) is 5.73. The van der Waals surface area contributed by atoms with Crippen LogP contribution in [0, 0.1) is 0 Å². The second-order valence-electron chi connectivity index (χ2n) is 5.49. The lowest BCUT2D eigenvalue weighted by molar-refractivity contribution is 0.0689. The fourth-order valence-corrected chi connectivity index (χ4v) is 2.56. The third-order valence-electron chi connectivity index (χ3n) is 3.63. The number of aromatic nitrogens is 2. The van der Waals surface area contributed by atoms with Crippen molar-refractivity contribution in [2.45, 2.75) is 6.42 Å². The van der Waals surface area contributed by atoms with E-state index < -0.39 is 11.9 Å². The van der Waals surface area contributed by atoms with E-state index in [9.17, 15) is 9.59 Å². The molecule has 2 N–H and O–H groups in total. The van der Waals surface area contributed by atoms with E-state index in [4.69, 9.17) is 32.7 Å². The van der Waals surface area contributed by atoms with Gasteiger partial charge in [0.1, 0.15) is 17.2 Å². The highest BCUT2D eigenvalue weighted by atomic mass is 35.5. The minimum Gasteiger partial charge on any atom is -0.476 e. The van der Waals surface area contributed by atoms with Crippen molar-refractivity contribution in [2.75, 3.05) is 6.54 Å². The molecule has 3 aromatic rings. The van der Waals surface area contributed by atoms with Crippen molar-refractivity contribution >= 4 is 35.1 Å². The second kappa shape index (κ2) is 8.20. The predicted molar refractivity (Wildman–Crippen MR) is 99.2 cm³/mol. The van der Waals surface area contributed by atoms with E-state index >= 15 is 0 Å². The van der Waals surface area contributed by atoms with Crippen LogP contribution >= 0.6 is 23.2 Å². The van der Waals surface area contributed by atoms with Gasteiger partial charge in [-0.15, -0.1) is 0 Å². The number of furan rings is 1. The minimum atomic E-state index is -1.20. The maximum absolute atomic E-state index is 12.0. The monoisotopic (exact) mass is 405 g/mol. The molecule has 1 aromatic carbocycles. The van der Waals surface area contributed by atoms with Crippen molar-refractivity contribution in [2.24, 2.45) is 0 Å². The van der Waals surface area contributed by atoms with E-state index in [0.29, 0.717) is 34.5 Å². The van der Waals surface area contributed by atoms with Crippen LogP contribution in [0.1, 0.15) is 26.7 Å². The summed E-state index contributed by atoms with van der Waals surface area (Å²) < 4.78 is 5.75. The SMILES string of the molecule is O=C(O)c1cnc(C(=O)NCCc2ccc(-c3ccc(Cl)c(Cl)c3)o2)cn1. The van der Waals surface area contributed by atoms with E-state index in [1.54, 1.807) is 18.2 Å². The van der Waals surface area contributed by atoms with Gasteiger partial charge < -0.3 is 14.8 Å². The van der Waals surface area contributed by atoms with E-state index in [1.807, 2.05) is 12.1 Å². The molecule has 0 saturated carbocycles. The maximum atomic E-state index is 12.0. The van der Waals surface area contributed by atoms with Crippen molar-refractivity contribution in [3.8, 4) is 11.3 Å². The van der Waals surface area contributed by atoms with Crippen LogP contribution in [0.25, 0.3) is 11.3 Å². The number of carboxylic acids is 1. The summed E-state index contributed by atoms with van der Waals surface area (Å²) >= 11 is 11.9. The molecule has 7 nitrogen and oxygen atoms in total. The summed E-state index contributed by atoms with van der Waals surface area (Å²) in [5, 5.41) is 12.3. The summed E-state index contributed by atoms with van der Waals surface area (Å²) in [5.41, 5.74) is 0.612. The van der Waals surface area contributed by atoms with E-state index in [-0.39, 0.29) is 11.4 Å². The Morgan fingerprint density at radius 2 is 1.78 bits per heavy atom. The maximum Gasteiger partial charge on any atom is 0.356 e. The number of rotatable bonds is 6. The molecule has 0 saturated heterocycles. The smallest absolute Gasteiger partial charge is 0.356 e. The summed E-state index contributed by atoms with van der Waals surface area (Å²) in [5.74, 6) is -0.325. The largest absolute Gasteiger partial charge is 0.476 e. The van der Waals surface area contributed by atoms with Gasteiger partial charge >= 0.3 is 5.97 Å². The lowest BCUT2D eigenvalue weighted by atomic mass is 10.2. The molecule has 9 heteroatoms. The van der Waals surface area contributed by atoms with Crippen LogP contribution in [0.4, 0.5) is 0 Å². The third kappa shape index (κ3) is 4.64. The molecule has 0 atom stereocenters. The molecule has 0 aliphatic carbocycles. The first-order valence-corrected chi connectivity index (χ1v) is 8.57. The molecular weight excluding hydrogens is 393 g/mol. The van der Waals surface area contributed by atoms with Crippen LogP contribution in [0.5, 0.6) is 0 Å². The van der Waals surface area contributed by atoms with Crippen LogP contribution in [0.2, 0.25) is 10.0 Å². The predicted octanol–water partition coefficient (Wildman–Crippen LogP) is 3.71. The lowest BCUT2D eigenvalue weighted by Gasteiger charge is -2.04. The average molecular weight is 406 g/mol. The first kappa shape index (κ1) is 18.9. The van der Waals surface area contributed by atoms with Gasteiger partial charge in [-0.05, 0) is 30.3 Å². The Bertz CT molecular complexity index is 987. The summed E-state index contributed by atoms with van der Waals surface area (Å²) in [6.07, 6.45) is 2.62. The van der Waals surface area contributed by atoms with Crippen LogP contribution in [-0.2, 0) is 6.42 Å². The van der Waals surface area contributed by atoms with Gasteiger partial charge in [-0.2, -0.15) is 0 Å². The number of carbonyl (C=O) groups is 2. The van der Waals surface area contributed by atoms with Crippen molar-refractivity contribution in [1.29, 1.82) is 0 Å². The number of halogens is 2. The number of carbonyl (C=O) groups excluding carboxylic acids is 1. The molecule has 0 bridgehead atoms. The number of amides is 1. The van der Waals surface area contributed by atoms with Crippen LogP contribution in [0.3, 0.4) is 0 Å². The first-order valence-electron chi connectivity index (χ1n) is 7.81. The molecule has 0 aliphatic rings. The first-order chi connectivity index (χ1) is 12.9. The number of nitrogens with one attached hydrogen (secondary N) is 1. The lowest BCUT2D eigenvalue weighted by Crippen LogP contribution is -2.26. The van der Waals surface area contributed by atoms with Crippen LogP contribution in [-0.4, -0.2) is 33.5 Å². The van der Waals surface area contributed by atoms with Gasteiger partial charge in [-0.25, -0.2) is 14.8 Å². The van der Waals surface area contributed by atoms with Gasteiger partial charge in [-0.3, -0.25) is 4.79 Å². The molecule has 2 aromatic heterocycles. The topological polar surface area (TPSA) is 105 Å². The van der Waals surface area contributed by atoms with Gasteiger partial charge in [0.05, 0.1) is 22.4 Å². The summed E-state index contributed by atoms with van der Waals surface area (Å²) in [7, 11) is 0. The molecule has 0 aliphatic heterocycles. The molecule has 0 fully saturated rings. The molecule has 138 valence electrons. The van der Waals surface area contributed by atoms with Crippen molar-refractivity contribution in [1.82, 2.24) is 15.3 Å². The molecule has 0 unspecified atom stereocenters. The van der Waals surface area contributed by atoms with Gasteiger partial charge in [0, 0.05) is 18.5 Å². The standard InChI is InChI=1S/C18H13Cl2N3O4/c19-12-3-1-10(7-13(12)20)16-4-2-11(27-16)5-6-21-17(24)14-8-23-15(9-22-14)18(25)26/h1-4,7-9H,5-6H2,(H,21,24)(H,25,26). The quantitative estimate of drug-likeness (QED) is 0.647. The molecule has 0 spiro atoms. The van der Waals surface area contributed by atoms with Gasteiger partial charge in [-0.1, -0.05) is 23.2 Å². The summed E-state index contributed by atoms with van der Waals surface area (Å²) in [4.78, 5) is 30.2. The second-order valence-corrected chi connectivity index (χ2v) is 6.31. The number of nitrogens with zero attached hydrogens (tertiary/aromatic N) is 2. The Morgan fingerprint density at radius 3 is 2.44 bits per heavy atom. The number of carboxylic acid groups (broad SMARTS) is 1. The number of benzene rings is 1. The number of hydrogen-bond donors (Lipinski definition) is 2. The zero-order valence-electron chi connectivity index (χ0n) is 13.8. The molecule has 0 radical (unpaired) electrons. The molecule has 1 amide bonds.